The van der Waals surface area contributed by atoms with Gasteiger partial charge in [0.25, 0.3) is 5.91 Å². The van der Waals surface area contributed by atoms with Crippen LogP contribution < -0.4 is 5.32 Å². The summed E-state index contributed by atoms with van der Waals surface area (Å²) >= 11 is 0. The van der Waals surface area contributed by atoms with E-state index in [9.17, 15) is 14.0 Å². The highest BCUT2D eigenvalue weighted by molar-refractivity contribution is 6.05. The predicted octanol–water partition coefficient (Wildman–Crippen LogP) is 3.08. The summed E-state index contributed by atoms with van der Waals surface area (Å²) < 4.78 is 12.8. The van der Waals surface area contributed by atoms with Crippen molar-refractivity contribution in [3.63, 3.8) is 0 Å². The number of halogens is 1. The summed E-state index contributed by atoms with van der Waals surface area (Å²) in [6, 6.07) is 9.73. The third-order valence-electron chi connectivity index (χ3n) is 2.92. The Balaban J connectivity index is 2.26. The first-order valence-electron chi connectivity index (χ1n) is 5.89. The number of rotatable bonds is 3. The van der Waals surface area contributed by atoms with E-state index in [2.05, 4.69) is 5.32 Å². The number of carboxylic acid groups (broad SMARTS) is 1. The molecule has 0 atom stereocenters. The van der Waals surface area contributed by atoms with Crippen molar-refractivity contribution in [3.8, 4) is 0 Å². The Morgan fingerprint density at radius 1 is 1.10 bits per heavy atom. The van der Waals surface area contributed by atoms with Crippen LogP contribution >= 0.6 is 0 Å². The molecule has 0 spiro atoms. The van der Waals surface area contributed by atoms with E-state index in [1.54, 1.807) is 19.1 Å². The van der Waals surface area contributed by atoms with Crippen molar-refractivity contribution in [1.29, 1.82) is 0 Å². The first-order chi connectivity index (χ1) is 9.49. The minimum Gasteiger partial charge on any atom is -0.478 e. The van der Waals surface area contributed by atoms with Gasteiger partial charge in [0, 0.05) is 11.3 Å². The molecule has 0 aliphatic rings. The van der Waals surface area contributed by atoms with Gasteiger partial charge in [-0.15, -0.1) is 0 Å². The molecule has 2 rings (SSSR count). The maximum atomic E-state index is 12.8. The Morgan fingerprint density at radius 2 is 1.75 bits per heavy atom. The number of hydrogen-bond donors (Lipinski definition) is 2. The van der Waals surface area contributed by atoms with Gasteiger partial charge in [-0.3, -0.25) is 4.79 Å². The van der Waals surface area contributed by atoms with Crippen molar-refractivity contribution >= 4 is 17.6 Å². The number of carbonyl (C=O) groups is 2. The maximum Gasteiger partial charge on any atom is 0.336 e. The molecule has 102 valence electrons. The number of carbonyl (C=O) groups excluding carboxylic acids is 1. The first kappa shape index (κ1) is 13.7. The second-order valence-corrected chi connectivity index (χ2v) is 4.24. The molecular weight excluding hydrogens is 261 g/mol. The van der Waals surface area contributed by atoms with Crippen LogP contribution in [0.25, 0.3) is 0 Å². The molecule has 2 aromatic rings. The van der Waals surface area contributed by atoms with Crippen LogP contribution in [0.2, 0.25) is 0 Å². The van der Waals surface area contributed by atoms with E-state index >= 15 is 0 Å². The van der Waals surface area contributed by atoms with Gasteiger partial charge in [0.2, 0.25) is 0 Å². The average Bonchev–Trinajstić information content (AvgIpc) is 2.41. The Hall–Kier alpha value is -2.69. The monoisotopic (exact) mass is 273 g/mol. The van der Waals surface area contributed by atoms with Crippen molar-refractivity contribution in [2.24, 2.45) is 0 Å². The van der Waals surface area contributed by atoms with Crippen molar-refractivity contribution in [2.75, 3.05) is 5.32 Å². The molecule has 1 amide bonds. The quantitative estimate of drug-likeness (QED) is 0.903. The summed E-state index contributed by atoms with van der Waals surface area (Å²) in [6.45, 7) is 1.61. The number of aromatic carboxylic acids is 1. The Morgan fingerprint density at radius 3 is 2.35 bits per heavy atom. The molecule has 0 radical (unpaired) electrons. The van der Waals surface area contributed by atoms with Gasteiger partial charge in [0.15, 0.2) is 0 Å². The maximum absolute atomic E-state index is 12.8. The fourth-order valence-electron chi connectivity index (χ4n) is 1.80. The van der Waals surface area contributed by atoms with Crippen LogP contribution in [0.3, 0.4) is 0 Å². The summed E-state index contributed by atoms with van der Waals surface area (Å²) in [6.07, 6.45) is 0. The normalized spacial score (nSPS) is 10.1. The van der Waals surface area contributed by atoms with Gasteiger partial charge in [-0.1, -0.05) is 6.07 Å². The van der Waals surface area contributed by atoms with Gasteiger partial charge in [0.05, 0.1) is 5.56 Å². The van der Waals surface area contributed by atoms with Gasteiger partial charge >= 0.3 is 5.97 Å². The van der Waals surface area contributed by atoms with Crippen molar-refractivity contribution in [3.05, 3.63) is 65.0 Å². The van der Waals surface area contributed by atoms with Crippen LogP contribution in [-0.4, -0.2) is 17.0 Å². The highest BCUT2D eigenvalue weighted by Crippen LogP contribution is 2.19. The van der Waals surface area contributed by atoms with Gasteiger partial charge in [-0.25, -0.2) is 9.18 Å². The van der Waals surface area contributed by atoms with E-state index in [-0.39, 0.29) is 5.56 Å². The average molecular weight is 273 g/mol. The van der Waals surface area contributed by atoms with Gasteiger partial charge in [-0.2, -0.15) is 0 Å². The second-order valence-electron chi connectivity index (χ2n) is 4.24. The summed E-state index contributed by atoms with van der Waals surface area (Å²) in [4.78, 5) is 23.0. The standard InChI is InChI=1S/C15H12FNO3/c1-9-12(15(19)20)3-2-4-13(9)17-14(18)10-5-7-11(16)8-6-10/h2-8H,1H3,(H,17,18)(H,19,20). The summed E-state index contributed by atoms with van der Waals surface area (Å²) in [5.41, 5.74) is 1.31. The van der Waals surface area contributed by atoms with Crippen LogP contribution in [0.4, 0.5) is 10.1 Å². The number of amides is 1. The van der Waals surface area contributed by atoms with E-state index in [0.717, 1.165) is 0 Å². The number of benzene rings is 2. The lowest BCUT2D eigenvalue weighted by Gasteiger charge is -2.10. The molecule has 0 bridgehead atoms. The molecular formula is C15H12FNO3. The van der Waals surface area contributed by atoms with Crippen LogP contribution in [0, 0.1) is 12.7 Å². The zero-order chi connectivity index (χ0) is 14.7. The Labute approximate surface area is 114 Å². The van der Waals surface area contributed by atoms with Gasteiger partial charge < -0.3 is 10.4 Å². The Bertz CT molecular complexity index is 665. The fraction of sp³-hybridized carbons (Fsp3) is 0.0667. The number of carboxylic acids is 1. The molecule has 0 unspecified atom stereocenters. The van der Waals surface area contributed by atoms with Crippen LogP contribution in [0.15, 0.2) is 42.5 Å². The van der Waals surface area contributed by atoms with E-state index in [4.69, 9.17) is 5.11 Å². The number of anilines is 1. The lowest BCUT2D eigenvalue weighted by Crippen LogP contribution is -2.14. The second kappa shape index (κ2) is 5.52. The van der Waals surface area contributed by atoms with E-state index < -0.39 is 17.7 Å². The fourth-order valence-corrected chi connectivity index (χ4v) is 1.80. The molecule has 0 heterocycles. The van der Waals surface area contributed by atoms with Gasteiger partial charge in [-0.05, 0) is 48.9 Å². The zero-order valence-electron chi connectivity index (χ0n) is 10.7. The van der Waals surface area contributed by atoms with E-state index in [1.165, 1.54) is 30.3 Å². The SMILES string of the molecule is Cc1c(NC(=O)c2ccc(F)cc2)cccc1C(=O)O. The van der Waals surface area contributed by atoms with Gasteiger partial charge in [0.1, 0.15) is 5.82 Å². The lowest BCUT2D eigenvalue weighted by atomic mass is 10.1. The molecule has 2 aromatic carbocycles. The molecule has 0 saturated carbocycles. The molecule has 4 nitrogen and oxygen atoms in total. The van der Waals surface area contributed by atoms with Crippen LogP contribution in [0.1, 0.15) is 26.3 Å². The molecule has 0 aliphatic carbocycles. The first-order valence-corrected chi connectivity index (χ1v) is 5.89. The molecule has 2 N–H and O–H groups in total. The van der Waals surface area contributed by atoms with Crippen molar-refractivity contribution in [1.82, 2.24) is 0 Å². The molecule has 0 saturated heterocycles. The summed E-state index contributed by atoms with van der Waals surface area (Å²) in [7, 11) is 0. The molecule has 0 aliphatic heterocycles. The zero-order valence-corrected chi connectivity index (χ0v) is 10.7. The molecule has 0 aromatic heterocycles. The third-order valence-corrected chi connectivity index (χ3v) is 2.92. The minimum atomic E-state index is -1.06. The highest BCUT2D eigenvalue weighted by Gasteiger charge is 2.12. The topological polar surface area (TPSA) is 66.4 Å². The molecule has 5 heteroatoms. The molecule has 0 fully saturated rings. The van der Waals surface area contributed by atoms with E-state index in [0.29, 0.717) is 16.8 Å². The van der Waals surface area contributed by atoms with Crippen LogP contribution in [0.5, 0.6) is 0 Å². The van der Waals surface area contributed by atoms with Crippen molar-refractivity contribution < 1.29 is 19.1 Å². The number of hydrogen-bond acceptors (Lipinski definition) is 2. The summed E-state index contributed by atoms with van der Waals surface area (Å²) in [5.74, 6) is -1.90. The predicted molar refractivity (Wildman–Crippen MR) is 72.5 cm³/mol. The van der Waals surface area contributed by atoms with Crippen molar-refractivity contribution in [2.45, 2.75) is 6.92 Å². The summed E-state index contributed by atoms with van der Waals surface area (Å²) in [5, 5.41) is 11.6. The van der Waals surface area contributed by atoms with Crippen LogP contribution in [-0.2, 0) is 0 Å². The Kier molecular flexibility index (Phi) is 3.79. The minimum absolute atomic E-state index is 0.127. The smallest absolute Gasteiger partial charge is 0.336 e. The number of nitrogens with one attached hydrogen (secondary N) is 1. The third kappa shape index (κ3) is 2.83. The lowest BCUT2D eigenvalue weighted by molar-refractivity contribution is 0.0695. The van der Waals surface area contributed by atoms with E-state index in [1.807, 2.05) is 0 Å². The largest absolute Gasteiger partial charge is 0.478 e. The molecule has 20 heavy (non-hydrogen) atoms. The highest BCUT2D eigenvalue weighted by atomic mass is 19.1.